The number of nitrogens with two attached hydrogens (primary N) is 1. The molecular weight excluding hydrogens is 286 g/mol. The minimum Gasteiger partial charge on any atom is -0.398 e. The summed E-state index contributed by atoms with van der Waals surface area (Å²) in [7, 11) is 1.40. The van der Waals surface area contributed by atoms with E-state index in [1.165, 1.54) is 13.1 Å². The van der Waals surface area contributed by atoms with E-state index >= 15 is 0 Å². The molecule has 22 heavy (non-hydrogen) atoms. The SMILES string of the molecule is CNC(=O)C(CCC=O)N(C=O)C(=O)c1cccc(N)c1C. The van der Waals surface area contributed by atoms with Crippen molar-refractivity contribution in [1.29, 1.82) is 0 Å². The molecule has 3 N–H and O–H groups in total. The van der Waals surface area contributed by atoms with Gasteiger partial charge in [-0.1, -0.05) is 6.07 Å². The van der Waals surface area contributed by atoms with E-state index in [2.05, 4.69) is 5.32 Å². The number of hydrogen-bond donors (Lipinski definition) is 2. The molecule has 7 nitrogen and oxygen atoms in total. The number of nitrogen functional groups attached to an aromatic ring is 1. The lowest BCUT2D eigenvalue weighted by atomic mass is 10.0. The molecule has 3 amide bonds. The van der Waals surface area contributed by atoms with Gasteiger partial charge >= 0.3 is 0 Å². The molecule has 0 saturated heterocycles. The van der Waals surface area contributed by atoms with E-state index < -0.39 is 17.9 Å². The Morgan fingerprint density at radius 3 is 2.59 bits per heavy atom. The van der Waals surface area contributed by atoms with Gasteiger partial charge in [0.2, 0.25) is 12.3 Å². The van der Waals surface area contributed by atoms with E-state index in [0.717, 1.165) is 4.90 Å². The first-order chi connectivity index (χ1) is 10.5. The molecule has 0 spiro atoms. The summed E-state index contributed by atoms with van der Waals surface area (Å²) in [6.45, 7) is 1.66. The molecule has 0 saturated carbocycles. The van der Waals surface area contributed by atoms with Gasteiger partial charge < -0.3 is 15.8 Å². The third-order valence-corrected chi connectivity index (χ3v) is 3.40. The molecule has 118 valence electrons. The molecule has 0 aliphatic heterocycles. The number of carbonyl (C=O) groups excluding carboxylic acids is 4. The van der Waals surface area contributed by atoms with Crippen LogP contribution in [0.2, 0.25) is 0 Å². The van der Waals surface area contributed by atoms with Crippen LogP contribution < -0.4 is 11.1 Å². The summed E-state index contributed by atoms with van der Waals surface area (Å²) in [5.74, 6) is -1.14. The van der Waals surface area contributed by atoms with Gasteiger partial charge in [-0.25, -0.2) is 0 Å². The first-order valence-corrected chi connectivity index (χ1v) is 6.76. The van der Waals surface area contributed by atoms with Gasteiger partial charge in [0, 0.05) is 24.7 Å². The monoisotopic (exact) mass is 305 g/mol. The van der Waals surface area contributed by atoms with Crippen molar-refractivity contribution in [2.75, 3.05) is 12.8 Å². The molecule has 0 fully saturated rings. The van der Waals surface area contributed by atoms with Crippen molar-refractivity contribution < 1.29 is 19.2 Å². The van der Waals surface area contributed by atoms with E-state index in [-0.39, 0.29) is 18.4 Å². The van der Waals surface area contributed by atoms with Gasteiger partial charge in [0.1, 0.15) is 12.3 Å². The Kier molecular flexibility index (Phi) is 6.25. The number of nitrogens with zero attached hydrogens (tertiary/aromatic N) is 1. The van der Waals surface area contributed by atoms with Gasteiger partial charge in [-0.05, 0) is 31.0 Å². The lowest BCUT2D eigenvalue weighted by Crippen LogP contribution is -2.48. The molecule has 7 heteroatoms. The van der Waals surface area contributed by atoms with Crippen molar-refractivity contribution >= 4 is 30.2 Å². The number of benzene rings is 1. The van der Waals surface area contributed by atoms with Gasteiger partial charge in [-0.15, -0.1) is 0 Å². The van der Waals surface area contributed by atoms with Crippen LogP contribution in [0.5, 0.6) is 0 Å². The highest BCUT2D eigenvalue weighted by molar-refractivity contribution is 6.04. The molecule has 0 radical (unpaired) electrons. The Hall–Kier alpha value is -2.70. The Bertz CT molecular complexity index is 586. The van der Waals surface area contributed by atoms with Gasteiger partial charge in [0.25, 0.3) is 5.91 Å². The van der Waals surface area contributed by atoms with Crippen LogP contribution >= 0.6 is 0 Å². The lowest BCUT2D eigenvalue weighted by molar-refractivity contribution is -0.131. The fourth-order valence-corrected chi connectivity index (χ4v) is 2.08. The first kappa shape index (κ1) is 17.4. The largest absolute Gasteiger partial charge is 0.398 e. The zero-order chi connectivity index (χ0) is 16.7. The number of anilines is 1. The van der Waals surface area contributed by atoms with E-state index in [0.29, 0.717) is 23.9 Å². The molecule has 1 unspecified atom stereocenters. The second-order valence-corrected chi connectivity index (χ2v) is 4.71. The van der Waals surface area contributed by atoms with Crippen molar-refractivity contribution in [3.05, 3.63) is 29.3 Å². The highest BCUT2D eigenvalue weighted by Crippen LogP contribution is 2.19. The number of nitrogens with one attached hydrogen (secondary N) is 1. The molecular formula is C15H19N3O4. The molecule has 0 heterocycles. The van der Waals surface area contributed by atoms with Gasteiger partial charge in [-0.3, -0.25) is 19.3 Å². The van der Waals surface area contributed by atoms with Crippen LogP contribution in [0, 0.1) is 6.92 Å². The highest BCUT2D eigenvalue weighted by atomic mass is 16.2. The Morgan fingerprint density at radius 1 is 1.36 bits per heavy atom. The van der Waals surface area contributed by atoms with Crippen molar-refractivity contribution in [2.24, 2.45) is 0 Å². The maximum atomic E-state index is 12.5. The van der Waals surface area contributed by atoms with E-state index in [1.807, 2.05) is 0 Å². The second-order valence-electron chi connectivity index (χ2n) is 4.71. The fraction of sp³-hybridized carbons (Fsp3) is 0.333. The third kappa shape index (κ3) is 3.69. The van der Waals surface area contributed by atoms with Crippen LogP contribution in [0.25, 0.3) is 0 Å². The number of hydrogen-bond acceptors (Lipinski definition) is 5. The minimum absolute atomic E-state index is 0.0611. The molecule has 0 aliphatic carbocycles. The summed E-state index contributed by atoms with van der Waals surface area (Å²) in [6, 6.07) is 3.73. The normalized spacial score (nSPS) is 11.4. The topological polar surface area (TPSA) is 110 Å². The number of likely N-dealkylation sites (N-methyl/N-ethyl adjacent to an activating group) is 1. The summed E-state index contributed by atoms with van der Waals surface area (Å²) in [4.78, 5) is 47.1. The number of amides is 3. The second kappa shape index (κ2) is 7.92. The quantitative estimate of drug-likeness (QED) is 0.555. The minimum atomic E-state index is -1.04. The van der Waals surface area contributed by atoms with Crippen LogP contribution in [0.1, 0.15) is 28.8 Å². The molecule has 1 aromatic carbocycles. The molecule has 0 bridgehead atoms. The van der Waals surface area contributed by atoms with Crippen molar-refractivity contribution in [3.63, 3.8) is 0 Å². The summed E-state index contributed by atoms with van der Waals surface area (Å²) in [5, 5.41) is 2.39. The average molecular weight is 305 g/mol. The summed E-state index contributed by atoms with van der Waals surface area (Å²) < 4.78 is 0. The van der Waals surface area contributed by atoms with Crippen LogP contribution in [0.3, 0.4) is 0 Å². The van der Waals surface area contributed by atoms with Crippen LogP contribution in [-0.4, -0.2) is 42.5 Å². The maximum absolute atomic E-state index is 12.5. The molecule has 0 aromatic heterocycles. The summed E-state index contributed by atoms with van der Waals surface area (Å²) in [5.41, 5.74) is 6.95. The smallest absolute Gasteiger partial charge is 0.261 e. The van der Waals surface area contributed by atoms with Gasteiger partial charge in [0.15, 0.2) is 0 Å². The Labute approximate surface area is 128 Å². The maximum Gasteiger partial charge on any atom is 0.261 e. The van der Waals surface area contributed by atoms with Crippen molar-refractivity contribution in [1.82, 2.24) is 10.2 Å². The first-order valence-electron chi connectivity index (χ1n) is 6.76. The predicted molar refractivity (Wildman–Crippen MR) is 81.0 cm³/mol. The average Bonchev–Trinajstić information content (AvgIpc) is 2.52. The standard InChI is InChI=1S/C15H19N3O4/c1-10-11(5-3-6-12(10)16)15(22)18(9-20)13(7-4-8-19)14(21)17-2/h3,5-6,8-9,13H,4,7,16H2,1-2H3,(H,17,21). The fourth-order valence-electron chi connectivity index (χ4n) is 2.08. The molecule has 0 aliphatic rings. The Balaban J connectivity index is 3.17. The number of aldehydes is 1. The zero-order valence-electron chi connectivity index (χ0n) is 12.5. The predicted octanol–water partition coefficient (Wildman–Crippen LogP) is 0.270. The number of carbonyl (C=O) groups is 4. The summed E-state index contributed by atoms with van der Waals surface area (Å²) >= 11 is 0. The molecule has 1 aromatic rings. The number of imide groups is 1. The van der Waals surface area contributed by atoms with E-state index in [4.69, 9.17) is 5.73 Å². The van der Waals surface area contributed by atoms with Crippen LogP contribution in [0.15, 0.2) is 18.2 Å². The third-order valence-electron chi connectivity index (χ3n) is 3.40. The van der Waals surface area contributed by atoms with E-state index in [9.17, 15) is 19.2 Å². The molecule has 1 atom stereocenters. The lowest BCUT2D eigenvalue weighted by Gasteiger charge is -2.25. The van der Waals surface area contributed by atoms with Crippen LogP contribution in [-0.2, 0) is 14.4 Å². The van der Waals surface area contributed by atoms with Crippen molar-refractivity contribution in [2.45, 2.75) is 25.8 Å². The van der Waals surface area contributed by atoms with Crippen molar-refractivity contribution in [3.8, 4) is 0 Å². The van der Waals surface area contributed by atoms with Gasteiger partial charge in [0.05, 0.1) is 0 Å². The number of rotatable bonds is 7. The zero-order valence-corrected chi connectivity index (χ0v) is 12.5. The van der Waals surface area contributed by atoms with Gasteiger partial charge in [-0.2, -0.15) is 0 Å². The summed E-state index contributed by atoms with van der Waals surface area (Å²) in [6.07, 6.45) is 1.06. The molecule has 1 rings (SSSR count). The Morgan fingerprint density at radius 2 is 2.05 bits per heavy atom. The van der Waals surface area contributed by atoms with Crippen LogP contribution in [0.4, 0.5) is 5.69 Å². The highest BCUT2D eigenvalue weighted by Gasteiger charge is 2.30. The van der Waals surface area contributed by atoms with E-state index in [1.54, 1.807) is 19.1 Å².